The maximum Gasteiger partial charge on any atom is 0.159 e. The third-order valence-corrected chi connectivity index (χ3v) is 5.00. The van der Waals surface area contributed by atoms with Gasteiger partial charge in [-0.2, -0.15) is 0 Å². The van der Waals surface area contributed by atoms with Crippen LogP contribution in [0, 0.1) is 0 Å². The number of ether oxygens (including phenoxy) is 1. The van der Waals surface area contributed by atoms with E-state index < -0.39 is 0 Å². The number of aromatic nitrogens is 2. The molecule has 6 nitrogen and oxygen atoms in total. The first-order chi connectivity index (χ1) is 14.6. The highest BCUT2D eigenvalue weighted by atomic mass is 35.5. The fourth-order valence-corrected chi connectivity index (χ4v) is 3.04. The number of anilines is 5. The van der Waals surface area contributed by atoms with E-state index in [0.717, 1.165) is 17.2 Å². The predicted molar refractivity (Wildman–Crippen MR) is 122 cm³/mol. The van der Waals surface area contributed by atoms with E-state index in [1.54, 1.807) is 18.2 Å². The van der Waals surface area contributed by atoms with E-state index in [0.29, 0.717) is 33.1 Å². The van der Waals surface area contributed by atoms with Crippen LogP contribution in [0.25, 0.3) is 0 Å². The Hall–Kier alpha value is -3.48. The molecule has 0 radical (unpaired) electrons. The SMILES string of the molecule is Nc1c(Nc2ccc(Oc3ccccc3)cc2)ncnc1Nc1cccc(Cl)c1Cl. The monoisotopic (exact) mass is 437 g/mol. The van der Waals surface area contributed by atoms with Crippen LogP contribution >= 0.6 is 23.2 Å². The van der Waals surface area contributed by atoms with Crippen LogP contribution in [0.5, 0.6) is 11.5 Å². The number of nitrogens with zero attached hydrogens (tertiary/aromatic N) is 2. The van der Waals surface area contributed by atoms with Crippen molar-refractivity contribution in [2.24, 2.45) is 0 Å². The quantitative estimate of drug-likeness (QED) is 0.313. The number of para-hydroxylation sites is 1. The van der Waals surface area contributed by atoms with Gasteiger partial charge in [-0.15, -0.1) is 0 Å². The number of hydrogen-bond acceptors (Lipinski definition) is 6. The van der Waals surface area contributed by atoms with Crippen molar-refractivity contribution in [1.82, 2.24) is 9.97 Å². The fraction of sp³-hybridized carbons (Fsp3) is 0. The van der Waals surface area contributed by atoms with Gasteiger partial charge >= 0.3 is 0 Å². The standard InChI is InChI=1S/C22H17Cl2N5O/c23-17-7-4-8-18(19(17)24)29-22-20(25)21(26-13-27-22)28-14-9-11-16(12-10-14)30-15-5-2-1-3-6-15/h1-13H,25H2,(H2,26,27,28,29). The van der Waals surface area contributed by atoms with Gasteiger partial charge in [0, 0.05) is 5.69 Å². The van der Waals surface area contributed by atoms with Crippen LogP contribution in [0.3, 0.4) is 0 Å². The van der Waals surface area contributed by atoms with Crippen LogP contribution in [-0.2, 0) is 0 Å². The third kappa shape index (κ3) is 4.56. The minimum absolute atomic E-state index is 0.346. The van der Waals surface area contributed by atoms with Gasteiger partial charge in [0.15, 0.2) is 11.6 Å². The van der Waals surface area contributed by atoms with Gasteiger partial charge in [0.2, 0.25) is 0 Å². The molecule has 0 saturated carbocycles. The van der Waals surface area contributed by atoms with Crippen molar-refractivity contribution in [1.29, 1.82) is 0 Å². The predicted octanol–water partition coefficient (Wildman–Crippen LogP) is 6.65. The number of benzene rings is 3. The van der Waals surface area contributed by atoms with Crippen molar-refractivity contribution in [3.8, 4) is 11.5 Å². The molecule has 30 heavy (non-hydrogen) atoms. The van der Waals surface area contributed by atoms with E-state index >= 15 is 0 Å². The van der Waals surface area contributed by atoms with Gasteiger partial charge in [-0.05, 0) is 48.5 Å². The summed E-state index contributed by atoms with van der Waals surface area (Å²) in [5.41, 5.74) is 7.99. The van der Waals surface area contributed by atoms with Crippen molar-refractivity contribution >= 4 is 51.9 Å². The van der Waals surface area contributed by atoms with Crippen LogP contribution in [0.15, 0.2) is 79.1 Å². The second-order valence-electron chi connectivity index (χ2n) is 6.28. The van der Waals surface area contributed by atoms with E-state index in [-0.39, 0.29) is 0 Å². The van der Waals surface area contributed by atoms with Gasteiger partial charge < -0.3 is 21.1 Å². The first-order valence-corrected chi connectivity index (χ1v) is 9.77. The number of nitrogen functional groups attached to an aromatic ring is 1. The molecule has 1 aromatic heterocycles. The molecule has 0 unspecified atom stereocenters. The van der Waals surface area contributed by atoms with Crippen LogP contribution in [0.2, 0.25) is 10.0 Å². The van der Waals surface area contributed by atoms with Crippen molar-refractivity contribution < 1.29 is 4.74 Å². The number of hydrogen-bond donors (Lipinski definition) is 3. The molecular weight excluding hydrogens is 421 g/mol. The zero-order chi connectivity index (χ0) is 20.9. The maximum absolute atomic E-state index is 6.25. The average molecular weight is 438 g/mol. The van der Waals surface area contributed by atoms with Crippen molar-refractivity contribution in [3.05, 3.63) is 89.2 Å². The summed E-state index contributed by atoms with van der Waals surface area (Å²) in [5, 5.41) is 7.10. The van der Waals surface area contributed by atoms with Gasteiger partial charge in [0.05, 0.1) is 15.7 Å². The number of rotatable bonds is 6. The summed E-state index contributed by atoms with van der Waals surface area (Å²) in [7, 11) is 0. The molecule has 150 valence electrons. The molecule has 0 aliphatic heterocycles. The summed E-state index contributed by atoms with van der Waals surface area (Å²) in [6, 6.07) is 22.3. The van der Waals surface area contributed by atoms with Crippen LogP contribution < -0.4 is 21.1 Å². The highest BCUT2D eigenvalue weighted by molar-refractivity contribution is 6.43. The highest BCUT2D eigenvalue weighted by Gasteiger charge is 2.11. The molecule has 8 heteroatoms. The van der Waals surface area contributed by atoms with Crippen molar-refractivity contribution in [2.75, 3.05) is 16.4 Å². The summed E-state index contributed by atoms with van der Waals surface area (Å²) in [5.74, 6) is 2.37. The Morgan fingerprint density at radius 3 is 2.13 bits per heavy atom. The molecule has 0 aliphatic carbocycles. The summed E-state index contributed by atoms with van der Waals surface area (Å²) in [6.45, 7) is 0. The van der Waals surface area contributed by atoms with Crippen LogP contribution in [0.4, 0.5) is 28.7 Å². The molecule has 0 aliphatic rings. The minimum Gasteiger partial charge on any atom is -0.457 e. The largest absolute Gasteiger partial charge is 0.457 e. The Morgan fingerprint density at radius 2 is 1.40 bits per heavy atom. The Bertz CT molecular complexity index is 1150. The molecule has 4 N–H and O–H groups in total. The molecular formula is C22H17Cl2N5O. The number of halogens is 2. The second kappa shape index (κ2) is 8.90. The van der Waals surface area contributed by atoms with Crippen LogP contribution in [-0.4, -0.2) is 9.97 Å². The lowest BCUT2D eigenvalue weighted by atomic mass is 10.3. The van der Waals surface area contributed by atoms with E-state index in [4.69, 9.17) is 33.7 Å². The fourth-order valence-electron chi connectivity index (χ4n) is 2.69. The topological polar surface area (TPSA) is 85.1 Å². The summed E-state index contributed by atoms with van der Waals surface area (Å²) >= 11 is 12.3. The average Bonchev–Trinajstić information content (AvgIpc) is 2.76. The molecule has 0 atom stereocenters. The smallest absolute Gasteiger partial charge is 0.159 e. The van der Waals surface area contributed by atoms with Crippen molar-refractivity contribution in [3.63, 3.8) is 0 Å². The lowest BCUT2D eigenvalue weighted by molar-refractivity contribution is 0.483. The van der Waals surface area contributed by atoms with Gasteiger partial charge in [0.25, 0.3) is 0 Å². The van der Waals surface area contributed by atoms with Gasteiger partial charge in [-0.1, -0.05) is 47.5 Å². The molecule has 1 heterocycles. The minimum atomic E-state index is 0.346. The summed E-state index contributed by atoms with van der Waals surface area (Å²) in [6.07, 6.45) is 1.41. The Morgan fingerprint density at radius 1 is 0.733 bits per heavy atom. The van der Waals surface area contributed by atoms with Crippen LogP contribution in [0.1, 0.15) is 0 Å². The maximum atomic E-state index is 6.25. The molecule has 0 spiro atoms. The van der Waals surface area contributed by atoms with E-state index in [1.807, 2.05) is 54.6 Å². The molecule has 0 fully saturated rings. The molecule has 0 bridgehead atoms. The van der Waals surface area contributed by atoms with E-state index in [9.17, 15) is 0 Å². The lowest BCUT2D eigenvalue weighted by Crippen LogP contribution is -2.05. The zero-order valence-corrected chi connectivity index (χ0v) is 17.2. The molecule has 4 rings (SSSR count). The van der Waals surface area contributed by atoms with Gasteiger partial charge in [0.1, 0.15) is 23.5 Å². The molecule has 3 aromatic carbocycles. The summed E-state index contributed by atoms with van der Waals surface area (Å²) < 4.78 is 5.80. The first-order valence-electron chi connectivity index (χ1n) is 9.01. The Balaban J connectivity index is 1.50. The van der Waals surface area contributed by atoms with E-state index in [2.05, 4.69) is 20.6 Å². The molecule has 0 saturated heterocycles. The summed E-state index contributed by atoms with van der Waals surface area (Å²) in [4.78, 5) is 8.43. The molecule has 4 aromatic rings. The van der Waals surface area contributed by atoms with Gasteiger partial charge in [-0.3, -0.25) is 0 Å². The molecule has 0 amide bonds. The number of nitrogens with one attached hydrogen (secondary N) is 2. The van der Waals surface area contributed by atoms with Gasteiger partial charge in [-0.25, -0.2) is 9.97 Å². The van der Waals surface area contributed by atoms with E-state index in [1.165, 1.54) is 6.33 Å². The van der Waals surface area contributed by atoms with Crippen molar-refractivity contribution in [2.45, 2.75) is 0 Å². The third-order valence-electron chi connectivity index (χ3n) is 4.18. The zero-order valence-electron chi connectivity index (χ0n) is 15.6. The lowest BCUT2D eigenvalue weighted by Gasteiger charge is -2.14. The highest BCUT2D eigenvalue weighted by Crippen LogP contribution is 2.34. The Labute approximate surface area is 183 Å². The second-order valence-corrected chi connectivity index (χ2v) is 7.06. The first kappa shape index (κ1) is 19.8. The Kier molecular flexibility index (Phi) is 5.88. The number of nitrogens with two attached hydrogens (primary N) is 1. The normalized spacial score (nSPS) is 10.5.